The number of nitrogens with one attached hydrogen (secondary N) is 1. The molecule has 0 atom stereocenters. The number of para-hydroxylation sites is 1. The van der Waals surface area contributed by atoms with Crippen molar-refractivity contribution in [3.63, 3.8) is 0 Å². The molecule has 1 aromatic heterocycles. The van der Waals surface area contributed by atoms with Gasteiger partial charge in [-0.25, -0.2) is 4.39 Å². The molecule has 160 valence electrons. The van der Waals surface area contributed by atoms with Crippen molar-refractivity contribution in [1.82, 2.24) is 9.97 Å². The Hall–Kier alpha value is -4.26. The van der Waals surface area contributed by atoms with Crippen molar-refractivity contribution in [2.75, 3.05) is 5.32 Å². The van der Waals surface area contributed by atoms with Crippen LogP contribution in [0.3, 0.4) is 0 Å². The molecule has 4 rings (SSSR count). The minimum Gasteiger partial charge on any atom is -0.457 e. The maximum atomic E-state index is 13.1. The van der Waals surface area contributed by atoms with E-state index in [9.17, 15) is 9.18 Å². The molecule has 1 heterocycles. The second kappa shape index (κ2) is 9.26. The van der Waals surface area contributed by atoms with Crippen molar-refractivity contribution < 1.29 is 18.7 Å². The number of carbonyl (C=O) groups is 1. The summed E-state index contributed by atoms with van der Waals surface area (Å²) in [4.78, 5) is 21.5. The van der Waals surface area contributed by atoms with Gasteiger partial charge in [0.2, 0.25) is 0 Å². The number of rotatable bonds is 6. The zero-order chi connectivity index (χ0) is 22.5. The summed E-state index contributed by atoms with van der Waals surface area (Å²) < 4.78 is 24.5. The van der Waals surface area contributed by atoms with Crippen molar-refractivity contribution in [1.29, 1.82) is 0 Å². The molecule has 1 N–H and O–H groups in total. The third kappa shape index (κ3) is 5.07. The predicted octanol–water partition coefficient (Wildman–Crippen LogP) is 6.07. The van der Waals surface area contributed by atoms with Gasteiger partial charge in [0.15, 0.2) is 0 Å². The number of hydrogen-bond acceptors (Lipinski definition) is 5. The molecule has 3 aromatic carbocycles. The van der Waals surface area contributed by atoms with Crippen molar-refractivity contribution in [2.24, 2.45) is 0 Å². The lowest BCUT2D eigenvalue weighted by molar-refractivity contribution is 0.102. The average Bonchev–Trinajstić information content (AvgIpc) is 2.79. The topological polar surface area (TPSA) is 73.3 Å². The van der Waals surface area contributed by atoms with Gasteiger partial charge < -0.3 is 14.8 Å². The lowest BCUT2D eigenvalue weighted by Gasteiger charge is -2.13. The molecule has 1 amide bonds. The van der Waals surface area contributed by atoms with E-state index in [0.717, 1.165) is 0 Å². The average molecular weight is 429 g/mol. The number of hydrogen-bond donors (Lipinski definition) is 1. The third-order valence-electron chi connectivity index (χ3n) is 4.59. The molecular weight excluding hydrogens is 409 g/mol. The number of aryl methyl sites for hydroxylation is 2. The molecule has 0 spiro atoms. The second-order valence-corrected chi connectivity index (χ2v) is 7.01. The van der Waals surface area contributed by atoms with Crippen LogP contribution in [0, 0.1) is 19.7 Å². The first-order chi connectivity index (χ1) is 15.5. The van der Waals surface area contributed by atoms with Crippen molar-refractivity contribution in [3.8, 4) is 23.3 Å². The predicted molar refractivity (Wildman–Crippen MR) is 119 cm³/mol. The first-order valence-corrected chi connectivity index (χ1v) is 9.91. The fourth-order valence-corrected chi connectivity index (χ4v) is 3.03. The SMILES string of the molecule is Cc1nc(Oc2ccccc2)nc(C)c1NC(=O)c1cccc(Oc2ccc(F)cc2)c1. The molecule has 0 unspecified atom stereocenters. The van der Waals surface area contributed by atoms with Crippen LogP contribution in [0.15, 0.2) is 78.9 Å². The van der Waals surface area contributed by atoms with Crippen LogP contribution in [0.5, 0.6) is 23.3 Å². The van der Waals surface area contributed by atoms with E-state index in [-0.39, 0.29) is 17.7 Å². The maximum absolute atomic E-state index is 13.1. The van der Waals surface area contributed by atoms with Crippen LogP contribution in [-0.2, 0) is 0 Å². The van der Waals surface area contributed by atoms with Crippen molar-refractivity contribution >= 4 is 11.6 Å². The van der Waals surface area contributed by atoms with Gasteiger partial charge in [-0.2, -0.15) is 9.97 Å². The molecule has 0 aliphatic rings. The summed E-state index contributed by atoms with van der Waals surface area (Å²) in [6, 6.07) is 21.8. The van der Waals surface area contributed by atoms with Gasteiger partial charge >= 0.3 is 6.01 Å². The number of halogens is 1. The van der Waals surface area contributed by atoms with Gasteiger partial charge in [0.05, 0.1) is 17.1 Å². The van der Waals surface area contributed by atoms with E-state index in [1.807, 2.05) is 30.3 Å². The Morgan fingerprint density at radius 3 is 2.09 bits per heavy atom. The summed E-state index contributed by atoms with van der Waals surface area (Å²) >= 11 is 0. The molecule has 7 heteroatoms. The summed E-state index contributed by atoms with van der Waals surface area (Å²) in [6.07, 6.45) is 0. The van der Waals surface area contributed by atoms with Gasteiger partial charge in [-0.05, 0) is 68.4 Å². The minimum atomic E-state index is -0.348. The van der Waals surface area contributed by atoms with Crippen LogP contribution in [0.25, 0.3) is 0 Å². The Kier molecular flexibility index (Phi) is 6.07. The number of ether oxygens (including phenoxy) is 2. The highest BCUT2D eigenvalue weighted by molar-refractivity contribution is 6.05. The van der Waals surface area contributed by atoms with Crippen LogP contribution < -0.4 is 14.8 Å². The Balaban J connectivity index is 1.49. The molecule has 0 bridgehead atoms. The normalized spacial score (nSPS) is 10.5. The van der Waals surface area contributed by atoms with Crippen LogP contribution in [0.4, 0.5) is 10.1 Å². The van der Waals surface area contributed by atoms with E-state index in [1.54, 1.807) is 38.1 Å². The number of aromatic nitrogens is 2. The molecule has 0 saturated carbocycles. The zero-order valence-corrected chi connectivity index (χ0v) is 17.5. The molecule has 6 nitrogen and oxygen atoms in total. The monoisotopic (exact) mass is 429 g/mol. The first-order valence-electron chi connectivity index (χ1n) is 9.91. The number of amides is 1. The van der Waals surface area contributed by atoms with E-state index < -0.39 is 0 Å². The lowest BCUT2D eigenvalue weighted by atomic mass is 10.2. The quantitative estimate of drug-likeness (QED) is 0.403. The number of benzene rings is 3. The van der Waals surface area contributed by atoms with Gasteiger partial charge in [-0.3, -0.25) is 4.79 Å². The highest BCUT2D eigenvalue weighted by atomic mass is 19.1. The van der Waals surface area contributed by atoms with Crippen LogP contribution >= 0.6 is 0 Å². The van der Waals surface area contributed by atoms with Gasteiger partial charge in [-0.15, -0.1) is 0 Å². The molecular formula is C25H20FN3O3. The summed E-state index contributed by atoms with van der Waals surface area (Å²) in [5, 5.41) is 2.86. The smallest absolute Gasteiger partial charge is 0.322 e. The van der Waals surface area contributed by atoms with Crippen molar-refractivity contribution in [3.05, 3.63) is 102 Å². The van der Waals surface area contributed by atoms with Gasteiger partial charge in [-0.1, -0.05) is 24.3 Å². The fourth-order valence-electron chi connectivity index (χ4n) is 3.03. The van der Waals surface area contributed by atoms with Crippen LogP contribution in [0.2, 0.25) is 0 Å². The van der Waals surface area contributed by atoms with Crippen LogP contribution in [-0.4, -0.2) is 15.9 Å². The van der Waals surface area contributed by atoms with E-state index >= 15 is 0 Å². The first kappa shape index (κ1) is 21.0. The highest BCUT2D eigenvalue weighted by Gasteiger charge is 2.15. The fraction of sp³-hybridized carbons (Fsp3) is 0.0800. The Labute approximate surface area is 184 Å². The summed E-state index contributed by atoms with van der Waals surface area (Å²) in [5.74, 6) is 0.874. The lowest BCUT2D eigenvalue weighted by Crippen LogP contribution is -2.15. The number of nitrogens with zero attached hydrogens (tertiary/aromatic N) is 2. The number of anilines is 1. The van der Waals surface area contributed by atoms with Gasteiger partial charge in [0, 0.05) is 5.56 Å². The molecule has 32 heavy (non-hydrogen) atoms. The van der Waals surface area contributed by atoms with Gasteiger partial charge in [0.1, 0.15) is 23.1 Å². The Bertz CT molecular complexity index is 1220. The summed E-state index contributed by atoms with van der Waals surface area (Å²) in [7, 11) is 0. The highest BCUT2D eigenvalue weighted by Crippen LogP contribution is 2.25. The molecule has 0 aliphatic heterocycles. The Morgan fingerprint density at radius 2 is 1.41 bits per heavy atom. The Morgan fingerprint density at radius 1 is 0.781 bits per heavy atom. The minimum absolute atomic E-state index is 0.207. The zero-order valence-electron chi connectivity index (χ0n) is 17.5. The second-order valence-electron chi connectivity index (χ2n) is 7.01. The number of carbonyl (C=O) groups excluding carboxylic acids is 1. The molecule has 4 aromatic rings. The van der Waals surface area contributed by atoms with E-state index in [0.29, 0.717) is 39.9 Å². The van der Waals surface area contributed by atoms with Gasteiger partial charge in [0.25, 0.3) is 5.91 Å². The largest absolute Gasteiger partial charge is 0.457 e. The van der Waals surface area contributed by atoms with E-state index in [4.69, 9.17) is 9.47 Å². The molecule has 0 aliphatic carbocycles. The van der Waals surface area contributed by atoms with E-state index in [2.05, 4.69) is 15.3 Å². The van der Waals surface area contributed by atoms with E-state index in [1.165, 1.54) is 24.3 Å². The molecule has 0 saturated heterocycles. The summed E-state index contributed by atoms with van der Waals surface area (Å²) in [5.41, 5.74) is 2.07. The van der Waals surface area contributed by atoms with Crippen molar-refractivity contribution in [2.45, 2.75) is 13.8 Å². The summed E-state index contributed by atoms with van der Waals surface area (Å²) in [6.45, 7) is 3.55. The van der Waals surface area contributed by atoms with Crippen LogP contribution in [0.1, 0.15) is 21.7 Å². The molecule has 0 fully saturated rings. The third-order valence-corrected chi connectivity index (χ3v) is 4.59. The maximum Gasteiger partial charge on any atom is 0.322 e. The standard InChI is InChI=1S/C25H20FN3O3/c1-16-23(17(2)28-25(27-16)32-20-8-4-3-5-9-20)29-24(30)18-7-6-10-22(15-18)31-21-13-11-19(26)12-14-21/h3-15H,1-2H3,(H,29,30). The molecule has 0 radical (unpaired) electrons.